The molecule has 38 heavy (non-hydrogen) atoms. The molecular weight excluding hydrogens is 499 g/mol. The molecule has 0 unspecified atom stereocenters. The number of anilines is 1. The van der Waals surface area contributed by atoms with Crippen molar-refractivity contribution < 1.29 is 23.4 Å². The number of nitrogens with zero attached hydrogens (tertiary/aromatic N) is 7. The van der Waals surface area contributed by atoms with E-state index in [1.54, 1.807) is 6.07 Å². The standard InChI is InChI=1S/C26H28F3N7O2/c1-26(2,38)24(37)21-10-20-22(12-30-21)33-25(23(32-20)17-11-31-36(14-17)15-27)35-7-5-34(6-8-35)13-16-9-18(28)3-4-19(16)29/h3-4,9-12,14,24,37-38H,5-8,13,15H2,1-2H3/t24-/m0/s1. The van der Waals surface area contributed by atoms with E-state index in [4.69, 9.17) is 9.97 Å². The van der Waals surface area contributed by atoms with Crippen LogP contribution in [0.3, 0.4) is 0 Å². The molecule has 200 valence electrons. The topological polar surface area (TPSA) is 103 Å². The van der Waals surface area contributed by atoms with Gasteiger partial charge in [-0.1, -0.05) is 0 Å². The number of aliphatic hydroxyl groups excluding tert-OH is 1. The van der Waals surface area contributed by atoms with Gasteiger partial charge in [0, 0.05) is 50.0 Å². The highest BCUT2D eigenvalue weighted by Crippen LogP contribution is 2.32. The van der Waals surface area contributed by atoms with Crippen LogP contribution in [0.25, 0.3) is 22.3 Å². The molecule has 1 atom stereocenters. The van der Waals surface area contributed by atoms with Crippen LogP contribution in [0.15, 0.2) is 42.9 Å². The Morgan fingerprint density at radius 1 is 1.03 bits per heavy atom. The molecular formula is C26H28F3N7O2. The molecule has 0 saturated carbocycles. The fraction of sp³-hybridized carbons (Fsp3) is 0.385. The van der Waals surface area contributed by atoms with Crippen LogP contribution in [0.5, 0.6) is 0 Å². The van der Waals surface area contributed by atoms with Crippen LogP contribution in [-0.4, -0.2) is 71.6 Å². The van der Waals surface area contributed by atoms with E-state index >= 15 is 0 Å². The van der Waals surface area contributed by atoms with Crippen LogP contribution >= 0.6 is 0 Å². The van der Waals surface area contributed by atoms with Gasteiger partial charge in [-0.05, 0) is 38.1 Å². The lowest BCUT2D eigenvalue weighted by Crippen LogP contribution is -2.46. The van der Waals surface area contributed by atoms with E-state index in [2.05, 4.69) is 10.1 Å². The normalized spacial score (nSPS) is 15.8. The molecule has 5 rings (SSSR count). The summed E-state index contributed by atoms with van der Waals surface area (Å²) >= 11 is 0. The van der Waals surface area contributed by atoms with E-state index in [-0.39, 0.29) is 12.2 Å². The van der Waals surface area contributed by atoms with Gasteiger partial charge in [-0.2, -0.15) is 5.10 Å². The summed E-state index contributed by atoms with van der Waals surface area (Å²) in [5, 5.41) is 24.7. The predicted octanol–water partition coefficient (Wildman–Crippen LogP) is 3.22. The number of aromatic nitrogens is 5. The summed E-state index contributed by atoms with van der Waals surface area (Å²) in [7, 11) is 0. The third-order valence-corrected chi connectivity index (χ3v) is 6.61. The molecule has 0 radical (unpaired) electrons. The lowest BCUT2D eigenvalue weighted by molar-refractivity contribution is -0.0516. The summed E-state index contributed by atoms with van der Waals surface area (Å²) in [6.07, 6.45) is 3.31. The zero-order chi connectivity index (χ0) is 27.0. The molecule has 1 aliphatic heterocycles. The lowest BCUT2D eigenvalue weighted by atomic mass is 9.98. The van der Waals surface area contributed by atoms with Crippen molar-refractivity contribution in [2.24, 2.45) is 0 Å². The summed E-state index contributed by atoms with van der Waals surface area (Å²) in [5.74, 6) is -0.357. The fourth-order valence-corrected chi connectivity index (χ4v) is 4.47. The van der Waals surface area contributed by atoms with Crippen molar-refractivity contribution in [3.63, 3.8) is 0 Å². The minimum Gasteiger partial charge on any atom is -0.387 e. The van der Waals surface area contributed by atoms with Gasteiger partial charge in [0.1, 0.15) is 28.9 Å². The monoisotopic (exact) mass is 527 g/mol. The van der Waals surface area contributed by atoms with Crippen LogP contribution in [0.4, 0.5) is 19.0 Å². The van der Waals surface area contributed by atoms with Gasteiger partial charge >= 0.3 is 0 Å². The quantitative estimate of drug-likeness (QED) is 0.378. The van der Waals surface area contributed by atoms with E-state index < -0.39 is 30.1 Å². The zero-order valence-corrected chi connectivity index (χ0v) is 21.0. The van der Waals surface area contributed by atoms with Gasteiger partial charge in [0.25, 0.3) is 0 Å². The van der Waals surface area contributed by atoms with Crippen molar-refractivity contribution in [1.82, 2.24) is 29.6 Å². The fourth-order valence-electron chi connectivity index (χ4n) is 4.47. The van der Waals surface area contributed by atoms with Gasteiger partial charge in [0.2, 0.25) is 0 Å². The second-order valence-electron chi connectivity index (χ2n) is 9.94. The van der Waals surface area contributed by atoms with Crippen molar-refractivity contribution in [3.05, 3.63) is 65.7 Å². The summed E-state index contributed by atoms with van der Waals surface area (Å²) in [5.41, 5.74) is 1.12. The zero-order valence-electron chi connectivity index (χ0n) is 21.0. The van der Waals surface area contributed by atoms with Gasteiger partial charge in [-0.3, -0.25) is 9.88 Å². The van der Waals surface area contributed by atoms with E-state index in [1.807, 2.05) is 9.80 Å². The molecule has 0 aliphatic carbocycles. The van der Waals surface area contributed by atoms with Crippen molar-refractivity contribution in [2.75, 3.05) is 31.1 Å². The number of hydrogen-bond donors (Lipinski definition) is 2. The molecule has 9 nitrogen and oxygen atoms in total. The molecule has 1 aliphatic rings. The largest absolute Gasteiger partial charge is 0.387 e. The molecule has 4 heterocycles. The number of fused-ring (bicyclic) bond motifs is 1. The Labute approximate surface area is 217 Å². The summed E-state index contributed by atoms with van der Waals surface area (Å²) in [4.78, 5) is 17.9. The number of hydrogen-bond acceptors (Lipinski definition) is 8. The molecule has 1 saturated heterocycles. The minimum atomic E-state index is -1.41. The third kappa shape index (κ3) is 5.33. The van der Waals surface area contributed by atoms with Crippen LogP contribution < -0.4 is 4.90 Å². The molecule has 0 spiro atoms. The van der Waals surface area contributed by atoms with Gasteiger partial charge in [-0.15, -0.1) is 0 Å². The van der Waals surface area contributed by atoms with Gasteiger partial charge in [-0.25, -0.2) is 27.8 Å². The molecule has 2 N–H and O–H groups in total. The number of halogens is 3. The highest BCUT2D eigenvalue weighted by atomic mass is 19.1. The lowest BCUT2D eigenvalue weighted by Gasteiger charge is -2.36. The van der Waals surface area contributed by atoms with Crippen LogP contribution in [0, 0.1) is 11.6 Å². The van der Waals surface area contributed by atoms with Crippen molar-refractivity contribution in [3.8, 4) is 11.3 Å². The van der Waals surface area contributed by atoms with E-state index in [9.17, 15) is 23.4 Å². The van der Waals surface area contributed by atoms with Crippen LogP contribution in [0.2, 0.25) is 0 Å². The molecule has 1 fully saturated rings. The number of pyridine rings is 1. The predicted molar refractivity (Wildman–Crippen MR) is 135 cm³/mol. The van der Waals surface area contributed by atoms with Crippen LogP contribution in [-0.2, 0) is 13.3 Å². The Morgan fingerprint density at radius 3 is 2.47 bits per heavy atom. The molecule has 1 aromatic carbocycles. The second kappa shape index (κ2) is 10.3. The molecule has 4 aromatic rings. The first-order chi connectivity index (χ1) is 18.1. The smallest absolute Gasteiger partial charge is 0.181 e. The average molecular weight is 528 g/mol. The van der Waals surface area contributed by atoms with Crippen LogP contribution in [0.1, 0.15) is 31.2 Å². The maximum atomic E-state index is 14.1. The van der Waals surface area contributed by atoms with E-state index in [1.165, 1.54) is 38.5 Å². The average Bonchev–Trinajstić information content (AvgIpc) is 3.38. The number of piperazine rings is 1. The van der Waals surface area contributed by atoms with Crippen molar-refractivity contribution >= 4 is 16.9 Å². The maximum absolute atomic E-state index is 14.1. The first-order valence-electron chi connectivity index (χ1n) is 12.2. The summed E-state index contributed by atoms with van der Waals surface area (Å²) in [6, 6.07) is 5.02. The molecule has 0 bridgehead atoms. The molecule has 12 heteroatoms. The third-order valence-electron chi connectivity index (χ3n) is 6.61. The Morgan fingerprint density at radius 2 is 1.79 bits per heavy atom. The SMILES string of the molecule is CC(C)(O)[C@@H](O)c1cc2nc(-c3cnn(CF)c3)c(N3CCN(Cc4cc(F)ccc4F)CC3)nc2cn1. The van der Waals surface area contributed by atoms with Gasteiger partial charge in [0.05, 0.1) is 29.2 Å². The van der Waals surface area contributed by atoms with E-state index in [0.717, 1.165) is 16.8 Å². The first kappa shape index (κ1) is 26.0. The Kier molecular flexibility index (Phi) is 7.03. The van der Waals surface area contributed by atoms with Crippen molar-refractivity contribution in [1.29, 1.82) is 0 Å². The van der Waals surface area contributed by atoms with Crippen molar-refractivity contribution in [2.45, 2.75) is 38.9 Å². The Balaban J connectivity index is 1.45. The maximum Gasteiger partial charge on any atom is 0.181 e. The second-order valence-corrected chi connectivity index (χ2v) is 9.94. The Bertz CT molecular complexity index is 1450. The minimum absolute atomic E-state index is 0.246. The number of rotatable bonds is 7. The molecule has 3 aromatic heterocycles. The van der Waals surface area contributed by atoms with Gasteiger partial charge in [0.15, 0.2) is 12.6 Å². The number of benzene rings is 1. The first-order valence-corrected chi connectivity index (χ1v) is 12.2. The summed E-state index contributed by atoms with van der Waals surface area (Å²) in [6.45, 7) is 4.70. The molecule has 0 amide bonds. The highest BCUT2D eigenvalue weighted by molar-refractivity contribution is 5.83. The van der Waals surface area contributed by atoms with E-state index in [0.29, 0.717) is 59.9 Å². The summed E-state index contributed by atoms with van der Waals surface area (Å²) < 4.78 is 42.1. The Hall–Kier alpha value is -3.61. The van der Waals surface area contributed by atoms with Gasteiger partial charge < -0.3 is 15.1 Å². The number of alkyl halides is 1. The number of aliphatic hydroxyl groups is 2. The highest BCUT2D eigenvalue weighted by Gasteiger charge is 2.29.